The Morgan fingerprint density at radius 3 is 2.51 bits per heavy atom. The molecule has 7 rings (SSSR count). The predicted octanol–water partition coefficient (Wildman–Crippen LogP) is 8.56. The number of fused-ring (bicyclic) bond motifs is 1. The van der Waals surface area contributed by atoms with E-state index in [9.17, 15) is 13.2 Å². The minimum Gasteiger partial charge on any atom is -0.371 e. The third-order valence-electron chi connectivity index (χ3n) is 8.75. The van der Waals surface area contributed by atoms with Gasteiger partial charge in [-0.3, -0.25) is 4.98 Å². The fourth-order valence-corrected chi connectivity index (χ4v) is 6.44. The number of alkyl halides is 3. The minimum atomic E-state index is -4.45. The first-order chi connectivity index (χ1) is 18.8. The summed E-state index contributed by atoms with van der Waals surface area (Å²) >= 11 is 0. The predicted molar refractivity (Wildman–Crippen MR) is 146 cm³/mol. The van der Waals surface area contributed by atoms with E-state index in [0.717, 1.165) is 85.6 Å². The normalized spacial score (nSPS) is 19.0. The van der Waals surface area contributed by atoms with Crippen LogP contribution < -0.4 is 4.90 Å². The summed E-state index contributed by atoms with van der Waals surface area (Å²) in [6.07, 6.45) is 3.81. The Bertz CT molecular complexity index is 1580. The summed E-state index contributed by atoms with van der Waals surface area (Å²) in [5.41, 5.74) is 5.34. The fourth-order valence-electron chi connectivity index (χ4n) is 6.44. The number of pyridine rings is 1. The maximum atomic E-state index is 13.8. The number of benzene rings is 2. The van der Waals surface area contributed by atoms with Crippen molar-refractivity contribution in [2.75, 3.05) is 18.0 Å². The van der Waals surface area contributed by atoms with Crippen LogP contribution >= 0.6 is 0 Å². The lowest BCUT2D eigenvalue weighted by Gasteiger charge is -2.50. The van der Waals surface area contributed by atoms with Crippen molar-refractivity contribution in [3.8, 4) is 11.3 Å². The van der Waals surface area contributed by atoms with E-state index < -0.39 is 11.7 Å². The van der Waals surface area contributed by atoms with Gasteiger partial charge in [-0.1, -0.05) is 35.0 Å². The highest BCUT2D eigenvalue weighted by Gasteiger charge is 2.44. The zero-order chi connectivity index (χ0) is 26.8. The lowest BCUT2D eigenvalue weighted by Crippen LogP contribution is -2.44. The first-order valence-corrected chi connectivity index (χ1v) is 13.8. The van der Waals surface area contributed by atoms with E-state index in [4.69, 9.17) is 4.52 Å². The van der Waals surface area contributed by atoms with Gasteiger partial charge in [-0.05, 0) is 87.3 Å². The number of allylic oxidation sites excluding steroid dienone is 1. The largest absolute Gasteiger partial charge is 0.417 e. The van der Waals surface area contributed by atoms with Gasteiger partial charge in [0, 0.05) is 46.9 Å². The molecule has 0 amide bonds. The molecule has 3 aliphatic rings. The summed E-state index contributed by atoms with van der Waals surface area (Å²) in [5.74, 6) is 1.00. The van der Waals surface area contributed by atoms with Crippen molar-refractivity contribution in [1.29, 1.82) is 0 Å². The number of piperidine rings is 1. The number of halogens is 3. The van der Waals surface area contributed by atoms with Crippen LogP contribution in [0.25, 0.3) is 28.2 Å². The smallest absolute Gasteiger partial charge is 0.371 e. The van der Waals surface area contributed by atoms with Crippen LogP contribution in [0.5, 0.6) is 0 Å². The number of aryl methyl sites for hydroxylation is 1. The van der Waals surface area contributed by atoms with E-state index in [0.29, 0.717) is 5.69 Å². The van der Waals surface area contributed by atoms with E-state index in [1.54, 1.807) is 6.07 Å². The standard InChI is InChI=1S/C32H30F3N3O/c1-20-6-7-23-17-24(10-11-28(23)36-20)38-14-12-31(13-15-38)18-21(19-31)16-26-29(37-39-30(26)22-8-9-22)25-4-2-3-5-27(25)32(33,34)35/h2-7,10-11,16-17,22H,8-9,12-15,18-19H2,1H3. The number of anilines is 1. The Morgan fingerprint density at radius 2 is 1.77 bits per heavy atom. The third kappa shape index (κ3) is 4.52. The first kappa shape index (κ1) is 24.4. The highest BCUT2D eigenvalue weighted by atomic mass is 19.4. The van der Waals surface area contributed by atoms with Crippen molar-refractivity contribution >= 4 is 22.7 Å². The monoisotopic (exact) mass is 529 g/mol. The van der Waals surface area contributed by atoms with Crippen LogP contribution in [0.15, 0.2) is 64.7 Å². The van der Waals surface area contributed by atoms with Crippen molar-refractivity contribution in [2.45, 2.75) is 57.5 Å². The summed E-state index contributed by atoms with van der Waals surface area (Å²) in [6.45, 7) is 4.02. The number of rotatable bonds is 4. The van der Waals surface area contributed by atoms with Crippen LogP contribution in [0.3, 0.4) is 0 Å². The van der Waals surface area contributed by atoms with Crippen molar-refractivity contribution in [1.82, 2.24) is 10.1 Å². The molecule has 3 heterocycles. The fraction of sp³-hybridized carbons (Fsp3) is 0.375. The van der Waals surface area contributed by atoms with Crippen molar-refractivity contribution in [2.24, 2.45) is 5.41 Å². The van der Waals surface area contributed by atoms with E-state index >= 15 is 0 Å². The number of aromatic nitrogens is 2. The molecule has 2 aliphatic carbocycles. The van der Waals surface area contributed by atoms with Crippen LogP contribution in [0.2, 0.25) is 0 Å². The molecule has 0 bridgehead atoms. The molecular formula is C32H30F3N3O. The Kier molecular flexibility index (Phi) is 5.62. The first-order valence-electron chi connectivity index (χ1n) is 13.8. The molecule has 200 valence electrons. The average Bonchev–Trinajstić information content (AvgIpc) is 3.67. The van der Waals surface area contributed by atoms with Gasteiger partial charge in [-0.25, -0.2) is 0 Å². The summed E-state index contributed by atoms with van der Waals surface area (Å²) in [7, 11) is 0. The maximum Gasteiger partial charge on any atom is 0.417 e. The molecular weight excluding hydrogens is 499 g/mol. The topological polar surface area (TPSA) is 42.2 Å². The molecule has 0 atom stereocenters. The van der Waals surface area contributed by atoms with E-state index in [2.05, 4.69) is 51.4 Å². The molecule has 39 heavy (non-hydrogen) atoms. The second-order valence-corrected chi connectivity index (χ2v) is 11.6. The third-order valence-corrected chi connectivity index (χ3v) is 8.75. The summed E-state index contributed by atoms with van der Waals surface area (Å²) < 4.78 is 47.0. The molecule has 4 aromatic rings. The van der Waals surface area contributed by atoms with E-state index in [1.165, 1.54) is 23.4 Å². The maximum absolute atomic E-state index is 13.8. The molecule has 4 nitrogen and oxygen atoms in total. The number of hydrogen-bond donors (Lipinski definition) is 0. The lowest BCUT2D eigenvalue weighted by molar-refractivity contribution is -0.137. The molecule has 2 aromatic carbocycles. The van der Waals surface area contributed by atoms with Gasteiger partial charge in [0.1, 0.15) is 11.5 Å². The van der Waals surface area contributed by atoms with Crippen LogP contribution in [-0.2, 0) is 6.18 Å². The Morgan fingerprint density at radius 1 is 1.00 bits per heavy atom. The van der Waals surface area contributed by atoms with Crippen molar-refractivity contribution in [3.63, 3.8) is 0 Å². The zero-order valence-corrected chi connectivity index (χ0v) is 21.9. The van der Waals surface area contributed by atoms with Crippen LogP contribution in [0.1, 0.15) is 67.0 Å². The Labute approximate surface area is 225 Å². The average molecular weight is 530 g/mol. The quantitative estimate of drug-likeness (QED) is 0.266. The lowest BCUT2D eigenvalue weighted by atomic mass is 9.60. The SMILES string of the molecule is Cc1ccc2cc(N3CCC4(CC3)CC(=Cc3c(-c5ccccc5C(F)(F)F)noc3C3CC3)C4)ccc2n1. The molecule has 1 aliphatic heterocycles. The van der Waals surface area contributed by atoms with Crippen molar-refractivity contribution in [3.05, 3.63) is 82.8 Å². The highest BCUT2D eigenvalue weighted by Crippen LogP contribution is 2.54. The van der Waals surface area contributed by atoms with Gasteiger partial charge < -0.3 is 9.42 Å². The second kappa shape index (κ2) is 8.97. The Balaban J connectivity index is 1.10. The molecule has 1 saturated heterocycles. The number of nitrogens with zero attached hydrogens (tertiary/aromatic N) is 3. The zero-order valence-electron chi connectivity index (χ0n) is 21.9. The van der Waals surface area contributed by atoms with Crippen LogP contribution in [0.4, 0.5) is 18.9 Å². The molecule has 1 spiro atoms. The summed E-state index contributed by atoms with van der Waals surface area (Å²) in [5, 5.41) is 5.34. The van der Waals surface area contributed by atoms with Gasteiger partial charge >= 0.3 is 6.18 Å². The van der Waals surface area contributed by atoms with Gasteiger partial charge in [-0.15, -0.1) is 0 Å². The molecule has 3 fully saturated rings. The molecule has 0 unspecified atom stereocenters. The van der Waals surface area contributed by atoms with Crippen LogP contribution in [0, 0.1) is 12.3 Å². The second-order valence-electron chi connectivity index (χ2n) is 11.6. The van der Waals surface area contributed by atoms with Gasteiger partial charge in [0.2, 0.25) is 0 Å². The van der Waals surface area contributed by atoms with Gasteiger partial charge in [0.05, 0.1) is 11.1 Å². The summed E-state index contributed by atoms with van der Waals surface area (Å²) in [6, 6.07) is 16.4. The Hall–Kier alpha value is -3.61. The van der Waals surface area contributed by atoms with Gasteiger partial charge in [0.25, 0.3) is 0 Å². The molecule has 0 radical (unpaired) electrons. The highest BCUT2D eigenvalue weighted by molar-refractivity contribution is 5.83. The molecule has 2 aromatic heterocycles. The van der Waals surface area contributed by atoms with Crippen molar-refractivity contribution < 1.29 is 17.7 Å². The molecule has 7 heteroatoms. The minimum absolute atomic E-state index is 0.0931. The summed E-state index contributed by atoms with van der Waals surface area (Å²) in [4.78, 5) is 7.08. The molecule has 2 saturated carbocycles. The van der Waals surface area contributed by atoms with E-state index in [-0.39, 0.29) is 16.9 Å². The van der Waals surface area contributed by atoms with E-state index in [1.807, 2.05) is 6.92 Å². The van der Waals surface area contributed by atoms with Gasteiger partial charge in [-0.2, -0.15) is 13.2 Å². The number of hydrogen-bond acceptors (Lipinski definition) is 4. The van der Waals surface area contributed by atoms with Gasteiger partial charge in [0.15, 0.2) is 0 Å². The van der Waals surface area contributed by atoms with Crippen LogP contribution in [-0.4, -0.2) is 23.2 Å². The molecule has 0 N–H and O–H groups in total.